The number of benzene rings is 11. The number of rotatable bonds is 32. The summed E-state index contributed by atoms with van der Waals surface area (Å²) < 4.78 is 14.7. The van der Waals surface area contributed by atoms with Gasteiger partial charge in [-0.15, -0.1) is 0 Å². The zero-order valence-electron chi connectivity index (χ0n) is 86.0. The highest BCUT2D eigenvalue weighted by Gasteiger charge is 2.30. The topological polar surface area (TPSA) is 376 Å². The van der Waals surface area contributed by atoms with Gasteiger partial charge in [-0.05, 0) is 171 Å². The zero-order valence-corrected chi connectivity index (χ0v) is 86.7. The number of fused-ring (bicyclic) bond motifs is 6. The minimum Gasteiger partial charge on any atom is -0.497 e. The Kier molecular flexibility index (Phi) is 40.7. The maximum Gasteiger partial charge on any atom is 0.344 e. The Bertz CT molecular complexity index is 7440. The molecule has 32 heteroatoms. The second-order valence-electron chi connectivity index (χ2n) is 35.7. The van der Waals surface area contributed by atoms with Gasteiger partial charge >= 0.3 is 6.03 Å². The van der Waals surface area contributed by atoms with Crippen LogP contribution < -0.4 is 67.4 Å². The molecule has 0 spiro atoms. The Labute approximate surface area is 873 Å². The molecule has 11 aromatic carbocycles. The number of urea groups is 1. The van der Waals surface area contributed by atoms with Crippen LogP contribution >= 0.6 is 11.6 Å². The van der Waals surface area contributed by atoms with Crippen molar-refractivity contribution in [1.82, 2.24) is 71.4 Å². The first kappa shape index (κ1) is 112. The van der Waals surface area contributed by atoms with Crippen LogP contribution in [0.25, 0.3) is 71.6 Å². The van der Waals surface area contributed by atoms with E-state index in [0.717, 1.165) is 137 Å². The summed E-state index contributed by atoms with van der Waals surface area (Å²) >= 11 is 6.34. The van der Waals surface area contributed by atoms with Gasteiger partial charge in [0.1, 0.15) is 34.1 Å². The van der Waals surface area contributed by atoms with Crippen LogP contribution in [0.4, 0.5) is 21.9 Å². The highest BCUT2D eigenvalue weighted by Crippen LogP contribution is 2.39. The average molecular weight is 2030 g/mol. The average Bonchev–Trinajstić information content (AvgIpc) is 1.57. The first-order valence-corrected chi connectivity index (χ1v) is 49.0. The van der Waals surface area contributed by atoms with Crippen molar-refractivity contribution >= 4 is 137 Å². The van der Waals surface area contributed by atoms with E-state index in [0.29, 0.717) is 107 Å². The van der Waals surface area contributed by atoms with Crippen molar-refractivity contribution in [2.75, 3.05) is 88.9 Å². The number of carbonyl (C=O) groups is 10. The summed E-state index contributed by atoms with van der Waals surface area (Å²) in [5, 5.41) is 39.2. The number of amides is 11. The lowest BCUT2D eigenvalue weighted by Crippen LogP contribution is -2.41. The van der Waals surface area contributed by atoms with E-state index in [1.54, 1.807) is 43.1 Å². The molecule has 1 aliphatic heterocycles. The van der Waals surface area contributed by atoms with Crippen LogP contribution in [0.2, 0.25) is 5.02 Å². The summed E-state index contributed by atoms with van der Waals surface area (Å²) in [6.45, 7) is 22.2. The number of hydrazone groups is 1. The molecular formula is C117H129ClN18O13. The number of para-hydroxylation sites is 2. The number of hydrogen-bond donors (Lipinski definition) is 8. The van der Waals surface area contributed by atoms with Crippen LogP contribution in [0.1, 0.15) is 146 Å². The molecule has 0 saturated heterocycles. The third-order valence-corrected chi connectivity index (χ3v) is 24.5. The molecule has 0 atom stereocenters. The summed E-state index contributed by atoms with van der Waals surface area (Å²) in [6, 6.07) is 84.7. The number of anilines is 3. The Balaban J connectivity index is 0.000000177. The molecule has 16 rings (SSSR count). The minimum absolute atomic E-state index is 0. The van der Waals surface area contributed by atoms with Crippen LogP contribution in [-0.2, 0) is 53.6 Å². The molecule has 5 heterocycles. The van der Waals surface area contributed by atoms with E-state index in [9.17, 15) is 52.7 Å². The molecular weight excluding hydrogens is 1900 g/mol. The lowest BCUT2D eigenvalue weighted by Gasteiger charge is -2.26. The van der Waals surface area contributed by atoms with Gasteiger partial charge in [0.25, 0.3) is 17.4 Å². The first-order chi connectivity index (χ1) is 71.1. The number of halogens is 1. The van der Waals surface area contributed by atoms with Gasteiger partial charge in [0.2, 0.25) is 41.4 Å². The van der Waals surface area contributed by atoms with Crippen molar-refractivity contribution < 1.29 is 57.4 Å². The van der Waals surface area contributed by atoms with Crippen LogP contribution in [0.15, 0.2) is 277 Å². The Morgan fingerprint density at radius 2 is 1.01 bits per heavy atom. The molecule has 4 aromatic heterocycles. The van der Waals surface area contributed by atoms with Crippen molar-refractivity contribution in [3.63, 3.8) is 0 Å². The van der Waals surface area contributed by atoms with E-state index in [1.165, 1.54) is 56.1 Å². The monoisotopic (exact) mass is 2030 g/mol. The number of carbonyl (C=O) groups excluding carboxylic acids is 10. The molecule has 0 radical (unpaired) electrons. The second-order valence-corrected chi connectivity index (χ2v) is 36.1. The van der Waals surface area contributed by atoms with Crippen molar-refractivity contribution in [3.05, 3.63) is 344 Å². The number of pyridine rings is 2. The third-order valence-electron chi connectivity index (χ3n) is 24.1. The summed E-state index contributed by atoms with van der Waals surface area (Å²) in [5.74, 6) is 0.544. The summed E-state index contributed by atoms with van der Waals surface area (Å²) in [5.41, 5.74) is 17.6. The molecule has 772 valence electrons. The molecule has 0 saturated carbocycles. The van der Waals surface area contributed by atoms with E-state index >= 15 is 0 Å². The van der Waals surface area contributed by atoms with E-state index < -0.39 is 0 Å². The molecule has 31 nitrogen and oxygen atoms in total. The predicted molar refractivity (Wildman–Crippen MR) is 592 cm³/mol. The van der Waals surface area contributed by atoms with Gasteiger partial charge in [0.15, 0.2) is 5.75 Å². The third kappa shape index (κ3) is 30.7. The number of nitrogens with one attached hydrogen (secondary N) is 8. The summed E-state index contributed by atoms with van der Waals surface area (Å²) in [4.78, 5) is 147. The fraction of sp³-hybridized carbons (Fsp3) is 0.256. The quantitative estimate of drug-likeness (QED) is 0.0143. The van der Waals surface area contributed by atoms with Crippen LogP contribution in [-0.4, -0.2) is 173 Å². The van der Waals surface area contributed by atoms with Crippen LogP contribution in [0.3, 0.4) is 0 Å². The molecule has 8 N–H and O–H groups in total. The highest BCUT2D eigenvalue weighted by molar-refractivity contribution is 6.33. The van der Waals surface area contributed by atoms with E-state index in [4.69, 9.17) is 31.2 Å². The molecule has 0 fully saturated rings. The largest absolute Gasteiger partial charge is 0.497 e. The van der Waals surface area contributed by atoms with Gasteiger partial charge in [0.05, 0.1) is 74.1 Å². The maximum atomic E-state index is 13.5. The van der Waals surface area contributed by atoms with Gasteiger partial charge in [-0.25, -0.2) is 19.8 Å². The van der Waals surface area contributed by atoms with Crippen LogP contribution in [0, 0.1) is 34.6 Å². The van der Waals surface area contributed by atoms with Crippen molar-refractivity contribution in [3.8, 4) is 45.5 Å². The standard InChI is InChI=1S/C26H29N3O4.C25H29N3O2.C24H25N5O3.C21H24N4O2.C20H18ClN3O2.CH4/c1-18-10-13-26(33-22-8-6-5-7-9-22)25(14-18)29(20(3)31)16-21-15-23(32-4)11-12-24(21)28-17-27-19(2)30;1-18-11-5-7-13-21(18)24-22-14-8-6-12-20(22)17-23(28-24)25(30)27-16-10-4-3-9-15-26-19(2)29;1-15-10-11-18-20(12-15)28(4)23-22(18)19(13-21(31)27(3)14-25-16(2)30)26-29(24(23)32)17-8-6-5-7-9-17;1-14-5-8-17(9-6-14)20-18-13-15(2)7-10-19(18)24(4)21(27)25(23-20)12-11-22-16(3)26;1-13(25)22-10-11-23-20(26)18-12-14-6-2-3-7-15(14)19(24-18)16-8-4-5-9-17(16)21;/h5-15,28H,16-17H2,1-4H3,(H,27,30);5-8,11-14,17H,3-4,9-10,15-16H2,1-2H3,(H,26,29)(H,27,30);5-12H,13-14H2,1-4H3,(H,25,30);5-10,13H,11-12H2,1-4H3,(H,22,26);2-9,12H,10-11H2,1H3,(H,22,25)(H,23,26);1H4. The van der Waals surface area contributed by atoms with Gasteiger partial charge in [0, 0.05) is 155 Å². The molecule has 15 aromatic rings. The van der Waals surface area contributed by atoms with Gasteiger partial charge < -0.3 is 66.4 Å². The summed E-state index contributed by atoms with van der Waals surface area (Å²) in [6.07, 6.45) is 3.90. The number of unbranched alkanes of at least 4 members (excludes halogenated alkanes) is 3. The molecule has 0 unspecified atom stereocenters. The Hall–Kier alpha value is -17.2. The summed E-state index contributed by atoms with van der Waals surface area (Å²) in [7, 11) is 6.82. The Morgan fingerprint density at radius 1 is 0.477 bits per heavy atom. The van der Waals surface area contributed by atoms with E-state index in [1.807, 2.05) is 282 Å². The minimum atomic E-state index is -0.297. The number of aromatic nitrogens is 5. The molecule has 11 amide bonds. The van der Waals surface area contributed by atoms with E-state index in [-0.39, 0.29) is 98.5 Å². The fourth-order valence-corrected chi connectivity index (χ4v) is 16.7. The SMILES string of the molecule is C.CC(=O)NCCCCCCNC(=O)c1cc2ccccc2c(-c2ccccc2C)n1.CC(=O)NCCN1N=C(c2ccc(C)cc2)c2cc(C)ccc2N(C)C1=O.CC(=O)NCCNC(=O)c1cc2ccccc2c(-c2ccccc2Cl)n1.CC(=O)NCN(C)C(=O)Cc1nn(-c2ccccc2)c(=O)c2c1c1ccc(C)cc1n2C.COc1ccc(NCNC(C)=O)c(CN(C(C)=O)c2cc(C)ccc2Oc2ccccc2)c1. The maximum absolute atomic E-state index is 13.5. The second kappa shape index (κ2) is 54.1. The van der Waals surface area contributed by atoms with Crippen molar-refractivity contribution in [2.45, 2.75) is 122 Å². The van der Waals surface area contributed by atoms with Crippen LogP contribution in [0.5, 0.6) is 17.2 Å². The number of nitrogens with zero attached hydrogens (tertiary/aromatic N) is 10. The van der Waals surface area contributed by atoms with Crippen molar-refractivity contribution in [1.29, 1.82) is 0 Å². The van der Waals surface area contributed by atoms with Crippen molar-refractivity contribution in [2.24, 2.45) is 12.1 Å². The zero-order chi connectivity index (χ0) is 106. The molecule has 1 aliphatic rings. The van der Waals surface area contributed by atoms with Gasteiger partial charge in [-0.3, -0.25) is 52.8 Å². The number of aryl methyl sites for hydroxylation is 6. The number of hydrogen-bond acceptors (Lipinski definition) is 18. The lowest BCUT2D eigenvalue weighted by atomic mass is 9.98. The highest BCUT2D eigenvalue weighted by atomic mass is 35.5. The molecule has 149 heavy (non-hydrogen) atoms. The van der Waals surface area contributed by atoms with Gasteiger partial charge in [-0.1, -0.05) is 219 Å². The van der Waals surface area contributed by atoms with E-state index in [2.05, 4.69) is 71.7 Å². The molecule has 0 aliphatic carbocycles. The predicted octanol–water partition coefficient (Wildman–Crippen LogP) is 18.9. The first-order valence-electron chi connectivity index (χ1n) is 48.7. The molecule has 0 bridgehead atoms. The lowest BCUT2D eigenvalue weighted by molar-refractivity contribution is -0.130. The number of ether oxygens (including phenoxy) is 2. The fourth-order valence-electron chi connectivity index (χ4n) is 16.4. The smallest absolute Gasteiger partial charge is 0.344 e. The number of methoxy groups -OCH3 is 1. The normalized spacial score (nSPS) is 11.2. The Morgan fingerprint density at radius 3 is 1.62 bits per heavy atom. The van der Waals surface area contributed by atoms with Gasteiger partial charge in [-0.2, -0.15) is 14.9 Å². The number of likely N-dealkylation sites (N-methyl/N-ethyl adjacent to an activating group) is 1.